The van der Waals surface area contributed by atoms with Crippen LogP contribution in [0.4, 0.5) is 0 Å². The number of hydrogen-bond acceptors (Lipinski definition) is 15. The molecule has 3 aliphatic heterocycles. The molecule has 1 aromatic rings. The fraction of sp³-hybridized carbons (Fsp3) is 0.412. The molecule has 3 N–H and O–H groups in total. The van der Waals surface area contributed by atoms with Gasteiger partial charge in [0.25, 0.3) is 17.5 Å². The van der Waals surface area contributed by atoms with Crippen LogP contribution in [-0.4, -0.2) is 94.2 Å². The van der Waals surface area contributed by atoms with Crippen molar-refractivity contribution in [3.05, 3.63) is 21.1 Å². The molecule has 4 rings (SSSR count). The predicted molar refractivity (Wildman–Crippen MR) is 125 cm³/mol. The van der Waals surface area contributed by atoms with Gasteiger partial charge < -0.3 is 30.6 Å². The molecule has 2 amide bonds. The Labute approximate surface area is 275 Å². The van der Waals surface area contributed by atoms with Crippen LogP contribution in [0.25, 0.3) is 0 Å². The summed E-state index contributed by atoms with van der Waals surface area (Å²) in [7, 11) is 2.81. The third-order valence-corrected chi connectivity index (χ3v) is 10.4. The van der Waals surface area contributed by atoms with E-state index in [1.165, 1.54) is 35.3 Å². The van der Waals surface area contributed by atoms with Gasteiger partial charge in [-0.15, -0.1) is 16.9 Å². The number of carboxylic acid groups (broad SMARTS) is 2. The number of amides is 2. The predicted octanol–water partition coefficient (Wildman–Crippen LogP) is -9.08. The van der Waals surface area contributed by atoms with Gasteiger partial charge in [-0.1, -0.05) is 35.3 Å². The molecule has 0 radical (unpaired) electrons. The minimum atomic E-state index is -1.95. The number of rotatable bonds is 9. The first-order chi connectivity index (χ1) is 17.0. The van der Waals surface area contributed by atoms with Crippen LogP contribution in [0.5, 0.6) is 0 Å². The number of aliphatic imine (C=N–C) groups is 1. The van der Waals surface area contributed by atoms with Gasteiger partial charge in [0.1, 0.15) is 11.1 Å². The van der Waals surface area contributed by atoms with E-state index in [0.29, 0.717) is 10.7 Å². The van der Waals surface area contributed by atoms with Crippen LogP contribution >= 0.6 is 47.0 Å². The van der Waals surface area contributed by atoms with Crippen LogP contribution in [0.2, 0.25) is 0 Å². The summed E-state index contributed by atoms with van der Waals surface area (Å²) in [6.45, 7) is 0. The number of nitrogens with two attached hydrogens (primary N) is 1. The van der Waals surface area contributed by atoms with Gasteiger partial charge in [0.15, 0.2) is 0 Å². The number of primary amides is 1. The number of tetrazole rings is 1. The Hall–Kier alpha value is -0.740. The third-order valence-electron chi connectivity index (χ3n) is 5.12. The summed E-state index contributed by atoms with van der Waals surface area (Å²) in [6, 6.07) is 0. The molecule has 2 fully saturated rings. The number of ether oxygens (including phenoxy) is 1. The van der Waals surface area contributed by atoms with Crippen molar-refractivity contribution < 1.29 is 98.3 Å². The van der Waals surface area contributed by atoms with Crippen LogP contribution in [0.15, 0.2) is 31.2 Å². The Balaban J connectivity index is 0.00000253. The van der Waals surface area contributed by atoms with E-state index >= 15 is 0 Å². The summed E-state index contributed by atoms with van der Waals surface area (Å²) in [4.78, 5) is 52.6. The zero-order valence-corrected chi connectivity index (χ0v) is 27.5. The van der Waals surface area contributed by atoms with Crippen LogP contribution in [0.3, 0.4) is 0 Å². The van der Waals surface area contributed by atoms with Crippen molar-refractivity contribution in [2.75, 3.05) is 18.6 Å². The van der Waals surface area contributed by atoms with Gasteiger partial charge in [0.2, 0.25) is 5.16 Å². The first-order valence-electron chi connectivity index (χ1n) is 9.68. The molecule has 2 unspecified atom stereocenters. The van der Waals surface area contributed by atoms with Gasteiger partial charge in [-0.2, -0.15) is 0 Å². The van der Waals surface area contributed by atoms with Gasteiger partial charge in [-0.25, -0.2) is 9.48 Å². The second kappa shape index (κ2) is 13.3. The number of β-lactam (4-membered cyclic amide) rings is 1. The molecule has 38 heavy (non-hydrogen) atoms. The number of nitrogens with zero attached hydrogens (tertiary/aromatic N) is 6. The maximum absolute atomic E-state index is 13.1. The number of aryl methyl sites for hydroxylation is 1. The number of thioether (sulfide) groups is 4. The number of aromatic nitrogens is 4. The maximum Gasteiger partial charge on any atom is 1.00 e. The van der Waals surface area contributed by atoms with E-state index in [9.17, 15) is 34.5 Å². The van der Waals surface area contributed by atoms with E-state index in [4.69, 9.17) is 10.5 Å². The molecule has 0 aromatic carbocycles. The molecule has 4 heterocycles. The minimum Gasteiger partial charge on any atom is -0.861 e. The summed E-state index contributed by atoms with van der Waals surface area (Å²) < 4.78 is 5.81. The van der Waals surface area contributed by atoms with Crippen molar-refractivity contribution in [3.8, 4) is 0 Å². The Morgan fingerprint density at radius 1 is 1.32 bits per heavy atom. The van der Waals surface area contributed by atoms with E-state index in [-0.39, 0.29) is 80.6 Å². The number of carbonyl (C=O) groups is 4. The molecule has 2 saturated heterocycles. The molecule has 192 valence electrons. The Morgan fingerprint density at radius 2 is 1.97 bits per heavy atom. The van der Waals surface area contributed by atoms with Crippen molar-refractivity contribution >= 4 is 76.7 Å². The average molecular weight is 620 g/mol. The monoisotopic (exact) mass is 619 g/mol. The van der Waals surface area contributed by atoms with E-state index < -0.39 is 50.9 Å². The van der Waals surface area contributed by atoms with Crippen molar-refractivity contribution in [2.45, 2.75) is 20.8 Å². The number of methoxy groups -OCH3 is 1. The van der Waals surface area contributed by atoms with Crippen molar-refractivity contribution in [2.24, 2.45) is 17.8 Å². The summed E-state index contributed by atoms with van der Waals surface area (Å²) in [5.74, 6) is -5.50. The molecule has 3 aliphatic rings. The van der Waals surface area contributed by atoms with Gasteiger partial charge in [0, 0.05) is 25.7 Å². The summed E-state index contributed by atoms with van der Waals surface area (Å²) in [5.41, 5.74) is 2.57. The molecule has 2 atom stereocenters. The summed E-state index contributed by atoms with van der Waals surface area (Å²) in [5, 5.41) is 44.3. The quantitative estimate of drug-likeness (QED) is 0.0382. The molecule has 21 heteroatoms. The van der Waals surface area contributed by atoms with Crippen LogP contribution in [0.1, 0.15) is 0 Å². The molecule has 0 bridgehead atoms. The van der Waals surface area contributed by atoms with Gasteiger partial charge >= 0.3 is 65.1 Å². The van der Waals surface area contributed by atoms with Crippen molar-refractivity contribution in [1.82, 2.24) is 25.1 Å². The van der Waals surface area contributed by atoms with Gasteiger partial charge in [-0.3, -0.25) is 19.5 Å². The maximum atomic E-state index is 13.1. The standard InChI is InChI=1S/C17H17N7O8S4.2Na/c1-23-16(20-21-22-23)34-4-5-3-33-15-17(32-2,14(31)24(15)7(5)11(29)30)19-9(26)13-35-12(36-13)6(8(18)25)10(27)28;;/h13,15H,3-4H2,1-2H3,(H2,18,25)(H,19,26)(H,27,28)(H,29,30);;/q;2*+1/p-2. The molecular weight excluding hydrogens is 604 g/mol. The Morgan fingerprint density at radius 3 is 2.47 bits per heavy atom. The molecule has 0 aliphatic carbocycles. The molecular formula is C17H15N7Na2O8S4. The second-order valence-electron chi connectivity index (χ2n) is 7.20. The largest absolute Gasteiger partial charge is 1.00 e. The van der Waals surface area contributed by atoms with Crippen LogP contribution in [0, 0.1) is 0 Å². The number of hydrogen-bond donors (Lipinski definition) is 2. The van der Waals surface area contributed by atoms with Gasteiger partial charge in [0.05, 0.1) is 20.4 Å². The SMILES string of the molecule is COC1(N=C([O-])C2SC(=C(C(N)=O)C(=O)[O-])S2)C(=O)N2C(C(=O)O)=C(CSc3nnnn3C)CSC21.[Na+].[Na+]. The van der Waals surface area contributed by atoms with E-state index in [1.807, 2.05) is 0 Å². The second-order valence-corrected chi connectivity index (χ2v) is 12.0. The fourth-order valence-electron chi connectivity index (χ4n) is 3.44. The van der Waals surface area contributed by atoms with Crippen molar-refractivity contribution in [3.63, 3.8) is 0 Å². The Bertz CT molecular complexity index is 1250. The Kier molecular flexibility index (Phi) is 11.7. The topological polar surface area (TPSA) is 229 Å². The molecule has 0 spiro atoms. The van der Waals surface area contributed by atoms with Crippen LogP contribution < -0.4 is 75.1 Å². The summed E-state index contributed by atoms with van der Waals surface area (Å²) >= 11 is 3.87. The third kappa shape index (κ3) is 5.97. The van der Waals surface area contributed by atoms with E-state index in [2.05, 4.69) is 20.5 Å². The van der Waals surface area contributed by atoms with E-state index in [0.717, 1.165) is 28.4 Å². The first kappa shape index (κ1) is 33.5. The number of carboxylic acids is 2. The average Bonchev–Trinajstić information content (AvgIpc) is 3.20. The number of fused-ring (bicyclic) bond motifs is 1. The van der Waals surface area contributed by atoms with Crippen LogP contribution in [-0.2, 0) is 31.0 Å². The van der Waals surface area contributed by atoms with Gasteiger partial charge in [-0.05, 0) is 21.9 Å². The smallest absolute Gasteiger partial charge is 0.861 e. The number of aliphatic carboxylic acids is 2. The summed E-state index contributed by atoms with van der Waals surface area (Å²) in [6.07, 6.45) is 0. The zero-order chi connectivity index (χ0) is 26.4. The van der Waals surface area contributed by atoms with Crippen molar-refractivity contribution in [1.29, 1.82) is 0 Å². The fourth-order valence-corrected chi connectivity index (χ4v) is 8.03. The first-order valence-corrected chi connectivity index (χ1v) is 13.5. The minimum absolute atomic E-state index is 0. The normalized spacial score (nSPS) is 24.4. The zero-order valence-electron chi connectivity index (χ0n) is 20.3. The van der Waals surface area contributed by atoms with E-state index in [1.54, 1.807) is 7.05 Å². The molecule has 0 saturated carbocycles. The number of carbonyl (C=O) groups excluding carboxylic acids is 3. The molecule has 1 aromatic heterocycles. The molecule has 15 nitrogen and oxygen atoms in total.